The van der Waals surface area contributed by atoms with Gasteiger partial charge in [-0.2, -0.15) is 0 Å². The van der Waals surface area contributed by atoms with Gasteiger partial charge in [0.05, 0.1) is 22.4 Å². The monoisotopic (exact) mass is 728 g/mol. The van der Waals surface area contributed by atoms with Crippen LogP contribution in [-0.4, -0.2) is 4.57 Å². The summed E-state index contributed by atoms with van der Waals surface area (Å²) >= 11 is 0. The van der Waals surface area contributed by atoms with Gasteiger partial charge in [-0.3, -0.25) is 0 Å². The molecule has 0 N–H and O–H groups in total. The highest BCUT2D eigenvalue weighted by Crippen LogP contribution is 2.48. The summed E-state index contributed by atoms with van der Waals surface area (Å²) in [5.41, 5.74) is 15.3. The second-order valence-electron chi connectivity index (χ2n) is 14.5. The van der Waals surface area contributed by atoms with E-state index >= 15 is 0 Å². The van der Waals surface area contributed by atoms with Gasteiger partial charge in [-0.05, 0) is 82.9 Å². The lowest BCUT2D eigenvalue weighted by Crippen LogP contribution is -2.13. The summed E-state index contributed by atoms with van der Waals surface area (Å²) in [4.78, 5) is 2.44. The van der Waals surface area contributed by atoms with Crippen LogP contribution in [0.4, 0.5) is 17.1 Å². The first-order valence-electron chi connectivity index (χ1n) is 19.4. The molecule has 2 aromatic heterocycles. The van der Waals surface area contributed by atoms with Gasteiger partial charge in [-0.1, -0.05) is 158 Å². The van der Waals surface area contributed by atoms with Crippen LogP contribution in [-0.2, 0) is 0 Å². The third kappa shape index (κ3) is 5.51. The molecule has 0 spiro atoms. The molecular weight excluding hydrogens is 693 g/mol. The highest BCUT2D eigenvalue weighted by molar-refractivity contribution is 6.14. The minimum absolute atomic E-state index is 0.876. The van der Waals surface area contributed by atoms with Crippen molar-refractivity contribution in [2.45, 2.75) is 0 Å². The van der Waals surface area contributed by atoms with Crippen molar-refractivity contribution in [2.75, 3.05) is 4.90 Å². The van der Waals surface area contributed by atoms with E-state index in [9.17, 15) is 0 Å². The van der Waals surface area contributed by atoms with E-state index in [1.807, 2.05) is 6.07 Å². The molecule has 0 amide bonds. The summed E-state index contributed by atoms with van der Waals surface area (Å²) in [5, 5.41) is 4.70. The van der Waals surface area contributed by atoms with Crippen molar-refractivity contribution in [2.24, 2.45) is 0 Å². The molecule has 0 aliphatic rings. The first-order chi connectivity index (χ1) is 28.3. The van der Waals surface area contributed by atoms with Crippen LogP contribution in [0.1, 0.15) is 0 Å². The predicted octanol–water partition coefficient (Wildman–Crippen LogP) is 15.2. The molecule has 0 fully saturated rings. The van der Waals surface area contributed by atoms with Crippen LogP contribution in [0.3, 0.4) is 0 Å². The number of rotatable bonds is 7. The predicted molar refractivity (Wildman–Crippen MR) is 239 cm³/mol. The lowest BCUT2D eigenvalue weighted by molar-refractivity contribution is 0.669. The first kappa shape index (κ1) is 32.8. The molecule has 0 bridgehead atoms. The van der Waals surface area contributed by atoms with E-state index in [1.54, 1.807) is 0 Å². The lowest BCUT2D eigenvalue weighted by Gasteiger charge is -2.30. The van der Waals surface area contributed by atoms with Gasteiger partial charge >= 0.3 is 0 Å². The van der Waals surface area contributed by atoms with Crippen LogP contribution in [0.25, 0.3) is 82.8 Å². The Bertz CT molecular complexity index is 3210. The number of hydrogen-bond donors (Lipinski definition) is 0. The van der Waals surface area contributed by atoms with Crippen LogP contribution in [0.5, 0.6) is 0 Å². The maximum Gasteiger partial charge on any atom is 0.136 e. The van der Waals surface area contributed by atoms with Crippen LogP contribution in [0.15, 0.2) is 223 Å². The molecule has 0 aliphatic carbocycles. The van der Waals surface area contributed by atoms with Gasteiger partial charge in [0.1, 0.15) is 11.2 Å². The number of aromatic nitrogens is 1. The molecule has 9 aromatic carbocycles. The SMILES string of the molecule is c1ccc(-c2cccc(-c3ccccc3N(c3cccc(-n4c5ccccc5c5ccccc54)c3)c3ccccc3-c3cccc4oc5ccccc5c34)c2)cc1. The van der Waals surface area contributed by atoms with E-state index in [-0.39, 0.29) is 0 Å². The summed E-state index contributed by atoms with van der Waals surface area (Å²) in [5.74, 6) is 0. The quantitative estimate of drug-likeness (QED) is 0.163. The molecule has 0 saturated carbocycles. The Kier molecular flexibility index (Phi) is 7.82. The Balaban J connectivity index is 1.18. The number of nitrogens with zero attached hydrogens (tertiary/aromatic N) is 2. The first-order valence-corrected chi connectivity index (χ1v) is 19.4. The largest absolute Gasteiger partial charge is 0.456 e. The smallest absolute Gasteiger partial charge is 0.136 e. The van der Waals surface area contributed by atoms with Crippen molar-refractivity contribution < 1.29 is 4.42 Å². The maximum absolute atomic E-state index is 6.42. The molecule has 3 heteroatoms. The second-order valence-corrected chi connectivity index (χ2v) is 14.5. The molecule has 11 aromatic rings. The summed E-state index contributed by atoms with van der Waals surface area (Å²) in [6, 6.07) is 78.2. The maximum atomic E-state index is 6.42. The standard InChI is InChI=1S/C54H36N2O/c1-2-17-37(18-3-1)38-19-14-20-39(35-38)42-23-4-9-29-48(42)55(40-21-15-22-41(36-40)56-49-30-10-5-24-43(49)44-25-6-11-31-50(44)56)51-32-12-7-26-45(51)46-28-16-34-53-54(46)47-27-8-13-33-52(47)57-53/h1-36H. The fourth-order valence-corrected chi connectivity index (χ4v) is 8.68. The number of furan rings is 1. The van der Waals surface area contributed by atoms with Crippen LogP contribution in [0.2, 0.25) is 0 Å². The molecule has 0 aliphatic heterocycles. The second kappa shape index (κ2) is 13.6. The van der Waals surface area contributed by atoms with Crippen LogP contribution in [0, 0.1) is 0 Å². The minimum atomic E-state index is 0.876. The Morgan fingerprint density at radius 3 is 1.68 bits per heavy atom. The topological polar surface area (TPSA) is 21.3 Å². The number of para-hydroxylation sites is 5. The highest BCUT2D eigenvalue weighted by atomic mass is 16.3. The molecule has 2 heterocycles. The van der Waals surface area contributed by atoms with Crippen LogP contribution < -0.4 is 4.90 Å². The van der Waals surface area contributed by atoms with Gasteiger partial charge in [0.2, 0.25) is 0 Å². The third-order valence-electron chi connectivity index (χ3n) is 11.2. The van der Waals surface area contributed by atoms with Gasteiger partial charge in [-0.25, -0.2) is 0 Å². The lowest BCUT2D eigenvalue weighted by atomic mass is 9.95. The molecule has 57 heavy (non-hydrogen) atoms. The molecule has 0 atom stereocenters. The third-order valence-corrected chi connectivity index (χ3v) is 11.2. The highest BCUT2D eigenvalue weighted by Gasteiger charge is 2.23. The fourth-order valence-electron chi connectivity index (χ4n) is 8.68. The Labute approximate surface area is 330 Å². The Hall–Kier alpha value is -7.62. The van der Waals surface area contributed by atoms with Crippen LogP contribution >= 0.6 is 0 Å². The fraction of sp³-hybridized carbons (Fsp3) is 0. The van der Waals surface area contributed by atoms with Crippen molar-refractivity contribution in [1.82, 2.24) is 4.57 Å². The number of fused-ring (bicyclic) bond motifs is 6. The number of anilines is 3. The molecule has 11 rings (SSSR count). The van der Waals surface area contributed by atoms with Gasteiger partial charge in [-0.15, -0.1) is 0 Å². The zero-order chi connectivity index (χ0) is 37.7. The number of benzene rings is 9. The van der Waals surface area contributed by atoms with Gasteiger partial charge < -0.3 is 13.9 Å². The number of hydrogen-bond acceptors (Lipinski definition) is 2. The van der Waals surface area contributed by atoms with E-state index in [0.717, 1.165) is 66.9 Å². The summed E-state index contributed by atoms with van der Waals surface area (Å²) in [6.45, 7) is 0. The molecule has 0 radical (unpaired) electrons. The van der Waals surface area contributed by atoms with Crippen molar-refractivity contribution in [1.29, 1.82) is 0 Å². The molecule has 0 saturated heterocycles. The van der Waals surface area contributed by atoms with Gasteiger partial charge in [0.25, 0.3) is 0 Å². The van der Waals surface area contributed by atoms with Crippen molar-refractivity contribution >= 4 is 60.8 Å². The van der Waals surface area contributed by atoms with E-state index in [2.05, 4.69) is 222 Å². The van der Waals surface area contributed by atoms with Crippen molar-refractivity contribution in [3.8, 4) is 39.1 Å². The minimum Gasteiger partial charge on any atom is -0.456 e. The molecule has 3 nitrogen and oxygen atoms in total. The van der Waals surface area contributed by atoms with E-state index in [4.69, 9.17) is 4.42 Å². The summed E-state index contributed by atoms with van der Waals surface area (Å²) in [6.07, 6.45) is 0. The van der Waals surface area contributed by atoms with Crippen molar-refractivity contribution in [3.63, 3.8) is 0 Å². The van der Waals surface area contributed by atoms with Gasteiger partial charge in [0.15, 0.2) is 0 Å². The van der Waals surface area contributed by atoms with E-state index in [1.165, 1.54) is 32.9 Å². The Morgan fingerprint density at radius 1 is 0.351 bits per heavy atom. The van der Waals surface area contributed by atoms with Crippen molar-refractivity contribution in [3.05, 3.63) is 218 Å². The van der Waals surface area contributed by atoms with E-state index in [0.29, 0.717) is 0 Å². The zero-order valence-electron chi connectivity index (χ0n) is 31.1. The molecular formula is C54H36N2O. The molecule has 268 valence electrons. The average molecular weight is 729 g/mol. The zero-order valence-corrected chi connectivity index (χ0v) is 31.1. The summed E-state index contributed by atoms with van der Waals surface area (Å²) < 4.78 is 8.81. The van der Waals surface area contributed by atoms with E-state index < -0.39 is 0 Å². The molecule has 0 unspecified atom stereocenters. The average Bonchev–Trinajstić information content (AvgIpc) is 3.84. The Morgan fingerprint density at radius 2 is 0.895 bits per heavy atom. The normalized spacial score (nSPS) is 11.5. The van der Waals surface area contributed by atoms with Gasteiger partial charge in [0, 0.05) is 44.0 Å². The summed E-state index contributed by atoms with van der Waals surface area (Å²) in [7, 11) is 0.